The minimum Gasteiger partial charge on any atom is -0.342 e. The van der Waals surface area contributed by atoms with Crippen LogP contribution in [0.15, 0.2) is 16.8 Å². The number of imidazole rings is 1. The van der Waals surface area contributed by atoms with Crippen LogP contribution in [0.25, 0.3) is 11.4 Å². The van der Waals surface area contributed by atoms with Gasteiger partial charge in [0.05, 0.1) is 5.69 Å². The number of hydrogen-bond donors (Lipinski definition) is 1. The summed E-state index contributed by atoms with van der Waals surface area (Å²) >= 11 is 1.69. The summed E-state index contributed by atoms with van der Waals surface area (Å²) in [5.41, 5.74) is 3.41. The summed E-state index contributed by atoms with van der Waals surface area (Å²) < 4.78 is 0. The summed E-state index contributed by atoms with van der Waals surface area (Å²) in [6.07, 6.45) is 0. The number of nitrogens with zero attached hydrogens (tertiary/aromatic N) is 1. The fourth-order valence-electron chi connectivity index (χ4n) is 1.08. The zero-order valence-electron chi connectivity index (χ0n) is 7.09. The Hall–Kier alpha value is -1.09. The van der Waals surface area contributed by atoms with Crippen LogP contribution in [-0.4, -0.2) is 9.97 Å². The van der Waals surface area contributed by atoms with Gasteiger partial charge in [-0.3, -0.25) is 0 Å². The molecular weight excluding hydrogens is 168 g/mol. The highest BCUT2D eigenvalue weighted by Gasteiger charge is 2.03. The van der Waals surface area contributed by atoms with Crippen molar-refractivity contribution in [3.05, 3.63) is 28.2 Å². The Morgan fingerprint density at radius 2 is 2.25 bits per heavy atom. The van der Waals surface area contributed by atoms with Crippen molar-refractivity contribution in [3.8, 4) is 11.4 Å². The predicted molar refractivity (Wildman–Crippen MR) is 51.4 cm³/mol. The van der Waals surface area contributed by atoms with E-state index in [4.69, 9.17) is 0 Å². The van der Waals surface area contributed by atoms with Gasteiger partial charge in [-0.05, 0) is 25.3 Å². The molecule has 0 saturated carbocycles. The Labute approximate surface area is 75.3 Å². The monoisotopic (exact) mass is 178 g/mol. The molecule has 2 rings (SSSR count). The summed E-state index contributed by atoms with van der Waals surface area (Å²) in [5.74, 6) is 0.978. The van der Waals surface area contributed by atoms with Crippen LogP contribution < -0.4 is 0 Å². The van der Waals surface area contributed by atoms with Crippen LogP contribution in [0.2, 0.25) is 0 Å². The van der Waals surface area contributed by atoms with Gasteiger partial charge in [0, 0.05) is 16.6 Å². The van der Waals surface area contributed by atoms with Crippen molar-refractivity contribution in [1.29, 1.82) is 0 Å². The molecule has 0 radical (unpaired) electrons. The highest BCUT2D eigenvalue weighted by Crippen LogP contribution is 2.19. The quantitative estimate of drug-likeness (QED) is 0.714. The fourth-order valence-corrected chi connectivity index (χ4v) is 1.72. The lowest BCUT2D eigenvalue weighted by molar-refractivity contribution is 1.22. The number of aromatic nitrogens is 2. The zero-order chi connectivity index (χ0) is 8.55. The van der Waals surface area contributed by atoms with E-state index >= 15 is 0 Å². The summed E-state index contributed by atoms with van der Waals surface area (Å²) in [5, 5.41) is 4.15. The van der Waals surface area contributed by atoms with E-state index in [1.165, 1.54) is 5.56 Å². The molecule has 2 aromatic rings. The van der Waals surface area contributed by atoms with Gasteiger partial charge in [-0.1, -0.05) is 0 Å². The molecule has 0 amide bonds. The summed E-state index contributed by atoms with van der Waals surface area (Å²) in [4.78, 5) is 7.65. The molecule has 0 aliphatic heterocycles. The van der Waals surface area contributed by atoms with Gasteiger partial charge in [-0.15, -0.1) is 0 Å². The number of nitrogens with one attached hydrogen (secondary N) is 1. The number of H-pyrrole nitrogens is 1. The van der Waals surface area contributed by atoms with E-state index in [1.54, 1.807) is 11.3 Å². The first-order valence-corrected chi connectivity index (χ1v) is 4.77. The van der Waals surface area contributed by atoms with E-state index in [2.05, 4.69) is 26.8 Å². The molecule has 0 saturated heterocycles. The van der Waals surface area contributed by atoms with Crippen molar-refractivity contribution < 1.29 is 0 Å². The molecule has 12 heavy (non-hydrogen) atoms. The van der Waals surface area contributed by atoms with Crippen LogP contribution in [0.4, 0.5) is 0 Å². The van der Waals surface area contributed by atoms with Crippen molar-refractivity contribution in [1.82, 2.24) is 9.97 Å². The SMILES string of the molecule is Cc1nc(-c2ccsc2)[nH]c1C. The molecule has 0 aromatic carbocycles. The van der Waals surface area contributed by atoms with Gasteiger partial charge >= 0.3 is 0 Å². The van der Waals surface area contributed by atoms with Crippen LogP contribution in [-0.2, 0) is 0 Å². The number of hydrogen-bond acceptors (Lipinski definition) is 2. The summed E-state index contributed by atoms with van der Waals surface area (Å²) in [6.45, 7) is 4.06. The van der Waals surface area contributed by atoms with Crippen molar-refractivity contribution in [2.24, 2.45) is 0 Å². The molecule has 0 bridgehead atoms. The zero-order valence-corrected chi connectivity index (χ0v) is 7.90. The molecule has 2 aromatic heterocycles. The molecule has 2 heterocycles. The molecule has 0 aliphatic carbocycles. The van der Waals surface area contributed by atoms with E-state index < -0.39 is 0 Å². The largest absolute Gasteiger partial charge is 0.342 e. The second-order valence-electron chi connectivity index (χ2n) is 2.81. The van der Waals surface area contributed by atoms with Crippen LogP contribution in [0.5, 0.6) is 0 Å². The summed E-state index contributed by atoms with van der Waals surface area (Å²) in [7, 11) is 0. The predicted octanol–water partition coefficient (Wildman–Crippen LogP) is 2.76. The van der Waals surface area contributed by atoms with Gasteiger partial charge < -0.3 is 4.98 Å². The standard InChI is InChI=1S/C9H10N2S/c1-6-7(2)11-9(10-6)8-3-4-12-5-8/h3-5H,1-2H3,(H,10,11). The summed E-state index contributed by atoms with van der Waals surface area (Å²) in [6, 6.07) is 2.07. The second kappa shape index (κ2) is 2.75. The third-order valence-electron chi connectivity index (χ3n) is 1.92. The highest BCUT2D eigenvalue weighted by atomic mass is 32.1. The van der Waals surface area contributed by atoms with Crippen molar-refractivity contribution in [3.63, 3.8) is 0 Å². The second-order valence-corrected chi connectivity index (χ2v) is 3.59. The topological polar surface area (TPSA) is 28.7 Å². The molecule has 0 unspecified atom stereocenters. The Morgan fingerprint density at radius 3 is 2.75 bits per heavy atom. The average molecular weight is 178 g/mol. The van der Waals surface area contributed by atoms with E-state index in [9.17, 15) is 0 Å². The molecule has 0 aliphatic rings. The Bertz CT molecular complexity index is 354. The number of thiophene rings is 1. The van der Waals surface area contributed by atoms with Crippen LogP contribution in [0.1, 0.15) is 11.4 Å². The van der Waals surface area contributed by atoms with Crippen molar-refractivity contribution in [2.45, 2.75) is 13.8 Å². The van der Waals surface area contributed by atoms with Gasteiger partial charge in [-0.25, -0.2) is 4.98 Å². The molecule has 0 fully saturated rings. The first-order chi connectivity index (χ1) is 5.77. The minimum absolute atomic E-state index is 0.978. The maximum atomic E-state index is 4.40. The molecule has 1 N–H and O–H groups in total. The van der Waals surface area contributed by atoms with Gasteiger partial charge in [0.25, 0.3) is 0 Å². The molecule has 3 heteroatoms. The number of rotatable bonds is 1. The van der Waals surface area contributed by atoms with Crippen LogP contribution in [0.3, 0.4) is 0 Å². The first-order valence-electron chi connectivity index (χ1n) is 3.83. The van der Waals surface area contributed by atoms with Gasteiger partial charge in [0.15, 0.2) is 0 Å². The number of aromatic amines is 1. The highest BCUT2D eigenvalue weighted by molar-refractivity contribution is 7.08. The third kappa shape index (κ3) is 1.16. The molecule has 62 valence electrons. The normalized spacial score (nSPS) is 10.5. The molecule has 0 atom stereocenters. The van der Waals surface area contributed by atoms with Gasteiger partial charge in [-0.2, -0.15) is 11.3 Å². The molecule has 2 nitrogen and oxygen atoms in total. The van der Waals surface area contributed by atoms with E-state index in [0.29, 0.717) is 0 Å². The minimum atomic E-state index is 0.978. The van der Waals surface area contributed by atoms with Crippen molar-refractivity contribution >= 4 is 11.3 Å². The maximum absolute atomic E-state index is 4.40. The first kappa shape index (κ1) is 7.55. The van der Waals surface area contributed by atoms with Crippen LogP contribution in [0, 0.1) is 13.8 Å². The number of aryl methyl sites for hydroxylation is 2. The van der Waals surface area contributed by atoms with E-state index in [-0.39, 0.29) is 0 Å². The lowest BCUT2D eigenvalue weighted by atomic mass is 10.3. The fraction of sp³-hybridized carbons (Fsp3) is 0.222. The smallest absolute Gasteiger partial charge is 0.138 e. The average Bonchev–Trinajstić information content (AvgIpc) is 2.61. The third-order valence-corrected chi connectivity index (χ3v) is 2.61. The van der Waals surface area contributed by atoms with Gasteiger partial charge in [0.1, 0.15) is 5.82 Å². The Morgan fingerprint density at radius 1 is 1.42 bits per heavy atom. The van der Waals surface area contributed by atoms with E-state index in [0.717, 1.165) is 17.2 Å². The van der Waals surface area contributed by atoms with E-state index in [1.807, 2.05) is 13.8 Å². The maximum Gasteiger partial charge on any atom is 0.138 e. The van der Waals surface area contributed by atoms with Crippen molar-refractivity contribution in [2.75, 3.05) is 0 Å². The van der Waals surface area contributed by atoms with Crippen LogP contribution >= 0.6 is 11.3 Å². The molecule has 0 spiro atoms. The lowest BCUT2D eigenvalue weighted by Gasteiger charge is -1.86. The Balaban J connectivity index is 2.48. The Kier molecular flexibility index (Phi) is 1.73. The molecular formula is C9H10N2S. The van der Waals surface area contributed by atoms with Gasteiger partial charge in [0.2, 0.25) is 0 Å². The lowest BCUT2D eigenvalue weighted by Crippen LogP contribution is -1.75.